The topological polar surface area (TPSA) is 47.9 Å². The number of nitrogens with zero attached hydrogens (tertiary/aromatic N) is 3. The largest absolute Gasteiger partial charge is 0.297 e. The highest BCUT2D eigenvalue weighted by Gasteiger charge is 2.18. The van der Waals surface area contributed by atoms with Gasteiger partial charge >= 0.3 is 0 Å². The Bertz CT molecular complexity index is 787. The summed E-state index contributed by atoms with van der Waals surface area (Å²) in [5.74, 6) is -0.0804. The number of amides is 1. The molecule has 0 unspecified atom stereocenters. The maximum absolute atomic E-state index is 12.1. The van der Waals surface area contributed by atoms with E-state index in [1.54, 1.807) is 18.0 Å². The number of piperazine rings is 1. The van der Waals surface area contributed by atoms with E-state index in [0.29, 0.717) is 6.54 Å². The molecular weight excluding hydrogens is 392 g/mol. The summed E-state index contributed by atoms with van der Waals surface area (Å²) in [4.78, 5) is 17.9. The summed E-state index contributed by atoms with van der Waals surface area (Å²) < 4.78 is 0. The van der Waals surface area contributed by atoms with Gasteiger partial charge in [0, 0.05) is 42.6 Å². The molecule has 1 saturated heterocycles. The maximum Gasteiger partial charge on any atom is 0.254 e. The first-order chi connectivity index (χ1) is 13.6. The van der Waals surface area contributed by atoms with Crippen molar-refractivity contribution in [1.29, 1.82) is 0 Å². The van der Waals surface area contributed by atoms with E-state index in [0.717, 1.165) is 43.3 Å². The maximum atomic E-state index is 12.1. The Morgan fingerprint density at radius 3 is 2.36 bits per heavy atom. The van der Waals surface area contributed by atoms with Gasteiger partial charge in [0.25, 0.3) is 5.91 Å². The lowest BCUT2D eigenvalue weighted by atomic mass is 10.2. The summed E-state index contributed by atoms with van der Waals surface area (Å²) in [5, 5.41) is 4.82. The molecular formula is C21H25ClN4OS. The Balaban J connectivity index is 1.37. The van der Waals surface area contributed by atoms with E-state index in [1.807, 2.05) is 42.7 Å². The summed E-state index contributed by atoms with van der Waals surface area (Å²) in [6, 6.07) is 16.0. The van der Waals surface area contributed by atoms with Gasteiger partial charge in [0.05, 0.1) is 12.8 Å². The number of thioether (sulfide) groups is 1. The van der Waals surface area contributed by atoms with Gasteiger partial charge in [-0.2, -0.15) is 5.10 Å². The number of hydrogen-bond acceptors (Lipinski definition) is 5. The normalized spacial score (nSPS) is 15.8. The molecule has 2 aromatic rings. The smallest absolute Gasteiger partial charge is 0.254 e. The summed E-state index contributed by atoms with van der Waals surface area (Å²) in [5.41, 5.74) is 4.85. The van der Waals surface area contributed by atoms with Crippen molar-refractivity contribution in [3.63, 3.8) is 0 Å². The number of hydrazone groups is 1. The molecule has 0 aliphatic carbocycles. The molecule has 0 aromatic heterocycles. The Morgan fingerprint density at radius 1 is 1.07 bits per heavy atom. The van der Waals surface area contributed by atoms with Crippen molar-refractivity contribution in [2.45, 2.75) is 11.4 Å². The third-order valence-electron chi connectivity index (χ3n) is 4.67. The van der Waals surface area contributed by atoms with Crippen LogP contribution in [0.15, 0.2) is 58.5 Å². The molecule has 2 aromatic carbocycles. The molecule has 1 amide bonds. The quantitative estimate of drug-likeness (QED) is 0.427. The number of rotatable bonds is 7. The molecule has 7 heteroatoms. The van der Waals surface area contributed by atoms with Gasteiger partial charge in [-0.15, -0.1) is 11.8 Å². The van der Waals surface area contributed by atoms with Crippen molar-refractivity contribution in [3.8, 4) is 0 Å². The number of nitrogens with one attached hydrogen (secondary N) is 1. The SMILES string of the molecule is CSc1ccc(/C=N\NC(=O)CN2CCN(Cc3ccc(Cl)cc3)CC2)cc1. The molecule has 0 spiro atoms. The lowest BCUT2D eigenvalue weighted by Crippen LogP contribution is -2.48. The second-order valence-electron chi connectivity index (χ2n) is 6.75. The third-order valence-corrected chi connectivity index (χ3v) is 5.67. The molecule has 0 saturated carbocycles. The van der Waals surface area contributed by atoms with Crippen LogP contribution in [0.1, 0.15) is 11.1 Å². The highest BCUT2D eigenvalue weighted by Crippen LogP contribution is 2.14. The van der Waals surface area contributed by atoms with E-state index in [9.17, 15) is 4.79 Å². The van der Waals surface area contributed by atoms with Crippen LogP contribution in [0, 0.1) is 0 Å². The predicted octanol–water partition coefficient (Wildman–Crippen LogP) is 3.33. The van der Waals surface area contributed by atoms with E-state index in [4.69, 9.17) is 11.6 Å². The van der Waals surface area contributed by atoms with Crippen molar-refractivity contribution in [1.82, 2.24) is 15.2 Å². The lowest BCUT2D eigenvalue weighted by molar-refractivity contribution is -0.122. The van der Waals surface area contributed by atoms with Crippen molar-refractivity contribution in [3.05, 3.63) is 64.7 Å². The van der Waals surface area contributed by atoms with E-state index < -0.39 is 0 Å². The Kier molecular flexibility index (Phi) is 7.91. The standard InChI is InChI=1S/C21H25ClN4OS/c1-28-20-8-4-17(5-9-20)14-23-24-21(27)16-26-12-10-25(11-13-26)15-18-2-6-19(22)7-3-18/h2-9,14H,10-13,15-16H2,1H3,(H,24,27)/b23-14-. The average molecular weight is 417 g/mol. The van der Waals surface area contributed by atoms with Crippen LogP contribution >= 0.6 is 23.4 Å². The minimum atomic E-state index is -0.0804. The van der Waals surface area contributed by atoms with Crippen LogP contribution in [0.4, 0.5) is 0 Å². The minimum Gasteiger partial charge on any atom is -0.297 e. The molecule has 28 heavy (non-hydrogen) atoms. The highest BCUT2D eigenvalue weighted by molar-refractivity contribution is 7.98. The summed E-state index contributed by atoms with van der Waals surface area (Å²) >= 11 is 7.63. The van der Waals surface area contributed by atoms with E-state index in [1.165, 1.54) is 10.5 Å². The molecule has 1 N–H and O–H groups in total. The van der Waals surface area contributed by atoms with Crippen molar-refractivity contribution in [2.24, 2.45) is 5.10 Å². The first kappa shape index (κ1) is 20.9. The van der Waals surface area contributed by atoms with Gasteiger partial charge in [-0.05, 0) is 41.6 Å². The van der Waals surface area contributed by atoms with Gasteiger partial charge in [-0.1, -0.05) is 35.9 Å². The molecule has 0 bridgehead atoms. The van der Waals surface area contributed by atoms with Crippen molar-refractivity contribution >= 4 is 35.5 Å². The first-order valence-corrected chi connectivity index (χ1v) is 10.9. The molecule has 0 radical (unpaired) electrons. The second kappa shape index (κ2) is 10.6. The van der Waals surface area contributed by atoms with Crippen LogP contribution in [-0.2, 0) is 11.3 Å². The minimum absolute atomic E-state index is 0.0804. The predicted molar refractivity (Wildman–Crippen MR) is 117 cm³/mol. The molecule has 1 aliphatic heterocycles. The lowest BCUT2D eigenvalue weighted by Gasteiger charge is -2.34. The monoisotopic (exact) mass is 416 g/mol. The molecule has 1 aliphatic rings. The summed E-state index contributed by atoms with van der Waals surface area (Å²) in [7, 11) is 0. The zero-order valence-electron chi connectivity index (χ0n) is 16.0. The highest BCUT2D eigenvalue weighted by atomic mass is 35.5. The van der Waals surface area contributed by atoms with Crippen LogP contribution in [0.5, 0.6) is 0 Å². The van der Waals surface area contributed by atoms with Crippen molar-refractivity contribution in [2.75, 3.05) is 39.0 Å². The van der Waals surface area contributed by atoms with E-state index in [2.05, 4.69) is 32.5 Å². The van der Waals surface area contributed by atoms with Gasteiger partial charge < -0.3 is 0 Å². The molecule has 148 valence electrons. The average Bonchev–Trinajstić information content (AvgIpc) is 2.72. The second-order valence-corrected chi connectivity index (χ2v) is 8.06. The molecule has 3 rings (SSSR count). The van der Waals surface area contributed by atoms with Crippen LogP contribution < -0.4 is 5.43 Å². The van der Waals surface area contributed by atoms with Crippen LogP contribution in [0.25, 0.3) is 0 Å². The van der Waals surface area contributed by atoms with Gasteiger partial charge in [0.15, 0.2) is 0 Å². The summed E-state index contributed by atoms with van der Waals surface area (Å²) in [6.07, 6.45) is 3.72. The zero-order chi connectivity index (χ0) is 19.8. The molecule has 0 atom stereocenters. The number of halogens is 1. The zero-order valence-corrected chi connectivity index (χ0v) is 17.5. The van der Waals surface area contributed by atoms with Crippen molar-refractivity contribution < 1.29 is 4.79 Å². The first-order valence-electron chi connectivity index (χ1n) is 9.27. The third kappa shape index (κ3) is 6.63. The Hall–Kier alpha value is -1.86. The van der Waals surface area contributed by atoms with Crippen LogP contribution in [0.2, 0.25) is 5.02 Å². The van der Waals surface area contributed by atoms with Crippen LogP contribution in [-0.4, -0.2) is 60.9 Å². The molecule has 1 heterocycles. The Labute approximate surface area is 175 Å². The molecule has 5 nitrogen and oxygen atoms in total. The van der Waals surface area contributed by atoms with Gasteiger partial charge in [-0.25, -0.2) is 5.43 Å². The Morgan fingerprint density at radius 2 is 1.71 bits per heavy atom. The number of benzene rings is 2. The van der Waals surface area contributed by atoms with Crippen LogP contribution in [0.3, 0.4) is 0 Å². The van der Waals surface area contributed by atoms with Gasteiger partial charge in [0.1, 0.15) is 0 Å². The van der Waals surface area contributed by atoms with E-state index >= 15 is 0 Å². The van der Waals surface area contributed by atoms with Gasteiger partial charge in [-0.3, -0.25) is 14.6 Å². The number of carbonyl (C=O) groups is 1. The fourth-order valence-corrected chi connectivity index (χ4v) is 3.59. The molecule has 1 fully saturated rings. The van der Waals surface area contributed by atoms with E-state index in [-0.39, 0.29) is 5.91 Å². The fourth-order valence-electron chi connectivity index (χ4n) is 3.06. The fraction of sp³-hybridized carbons (Fsp3) is 0.333. The number of carbonyl (C=O) groups excluding carboxylic acids is 1. The summed E-state index contributed by atoms with van der Waals surface area (Å²) in [6.45, 7) is 4.93. The van der Waals surface area contributed by atoms with Gasteiger partial charge in [0.2, 0.25) is 0 Å². The number of hydrogen-bond donors (Lipinski definition) is 1.